The number of hydrogen-bond acceptors (Lipinski definition) is 5. The van der Waals surface area contributed by atoms with Crippen LogP contribution in [0.1, 0.15) is 70.6 Å². The molecule has 164 valence electrons. The molecule has 2 aliphatic carbocycles. The van der Waals surface area contributed by atoms with Crippen molar-refractivity contribution in [1.82, 2.24) is 15.1 Å². The van der Waals surface area contributed by atoms with Crippen LogP contribution >= 0.6 is 0 Å². The Morgan fingerprint density at radius 3 is 2.60 bits per heavy atom. The largest absolute Gasteiger partial charge is 0.339 e. The van der Waals surface area contributed by atoms with Crippen molar-refractivity contribution in [3.05, 3.63) is 0 Å². The van der Waals surface area contributed by atoms with Gasteiger partial charge in [0.15, 0.2) is 0 Å². The molecule has 4 atom stereocenters. The number of nitrogens with one attached hydrogen (secondary N) is 1. The van der Waals surface area contributed by atoms with Crippen molar-refractivity contribution in [2.24, 2.45) is 11.8 Å². The number of likely N-dealkylation sites (tertiary alicyclic amines) is 2. The Kier molecular flexibility index (Phi) is 6.15. The van der Waals surface area contributed by atoms with Crippen molar-refractivity contribution in [2.75, 3.05) is 20.1 Å². The van der Waals surface area contributed by atoms with Crippen molar-refractivity contribution < 1.29 is 14.4 Å². The van der Waals surface area contributed by atoms with E-state index >= 15 is 0 Å². The molecule has 1 N–H and O–H groups in total. The summed E-state index contributed by atoms with van der Waals surface area (Å²) in [4.78, 5) is 42.7. The molecule has 7 heteroatoms. The fourth-order valence-corrected chi connectivity index (χ4v) is 5.71. The molecular formula is C23H34N4O3. The average Bonchev–Trinajstić information content (AvgIpc) is 3.39. The molecule has 1 spiro atoms. The van der Waals surface area contributed by atoms with Crippen molar-refractivity contribution in [2.45, 2.75) is 88.3 Å². The maximum absolute atomic E-state index is 13.5. The van der Waals surface area contributed by atoms with E-state index in [0.717, 1.165) is 57.9 Å². The Labute approximate surface area is 179 Å². The Hall–Kier alpha value is -1.94. The van der Waals surface area contributed by atoms with Crippen LogP contribution in [0.25, 0.3) is 0 Å². The number of likely N-dealkylation sites (N-methyl/N-ethyl adjacent to an activating group) is 1. The summed E-state index contributed by atoms with van der Waals surface area (Å²) in [5, 5.41) is 12.5. The van der Waals surface area contributed by atoms with Crippen molar-refractivity contribution >= 4 is 17.6 Å². The van der Waals surface area contributed by atoms with Gasteiger partial charge in [-0.2, -0.15) is 5.26 Å². The Morgan fingerprint density at radius 1 is 1.17 bits per heavy atom. The first-order valence-corrected chi connectivity index (χ1v) is 11.7. The SMILES string of the molecule is CN1CCCCC12CCN(C(CC1CC1)C(=O)NC(C#N)CC1CCCC1=O)C2=O. The molecule has 2 amide bonds. The number of nitrogens with zero attached hydrogens (tertiary/aromatic N) is 3. The van der Waals surface area contributed by atoms with E-state index in [2.05, 4.69) is 16.3 Å². The van der Waals surface area contributed by atoms with Crippen LogP contribution in [0.15, 0.2) is 0 Å². The number of ketones is 1. The van der Waals surface area contributed by atoms with Crippen LogP contribution < -0.4 is 5.32 Å². The Morgan fingerprint density at radius 2 is 1.97 bits per heavy atom. The summed E-state index contributed by atoms with van der Waals surface area (Å²) in [6, 6.07) is 0.998. The number of Topliss-reactive ketones (excluding diaryl/α,β-unsaturated/α-hetero) is 1. The highest BCUT2D eigenvalue weighted by Crippen LogP contribution is 2.40. The number of rotatable bonds is 7. The van der Waals surface area contributed by atoms with Crippen LogP contribution in [-0.2, 0) is 14.4 Å². The minimum absolute atomic E-state index is 0.0879. The summed E-state index contributed by atoms with van der Waals surface area (Å²) >= 11 is 0. The standard InChI is InChI=1S/C23H34N4O3/c1-26-11-3-2-9-23(26)10-12-27(22(23)30)19(13-16-7-8-16)21(29)25-18(15-24)14-17-5-4-6-20(17)28/h16-19H,2-14H2,1H3,(H,25,29). The molecule has 0 aromatic heterocycles. The number of hydrogen-bond donors (Lipinski definition) is 1. The Bertz CT molecular complexity index is 743. The van der Waals surface area contributed by atoms with Gasteiger partial charge in [0.05, 0.1) is 6.07 Å². The van der Waals surface area contributed by atoms with E-state index in [1.54, 1.807) is 4.90 Å². The molecule has 4 rings (SSSR count). The van der Waals surface area contributed by atoms with Gasteiger partial charge in [-0.3, -0.25) is 19.3 Å². The maximum Gasteiger partial charge on any atom is 0.243 e. The van der Waals surface area contributed by atoms with Crippen LogP contribution in [0.2, 0.25) is 0 Å². The second kappa shape index (κ2) is 8.66. The molecule has 0 aromatic carbocycles. The second-order valence-corrected chi connectivity index (χ2v) is 9.84. The third-order valence-electron chi connectivity index (χ3n) is 7.85. The summed E-state index contributed by atoms with van der Waals surface area (Å²) in [5.74, 6) is 0.444. The molecule has 0 bridgehead atoms. The molecule has 0 aromatic rings. The summed E-state index contributed by atoms with van der Waals surface area (Å²) in [6.07, 6.45) is 9.33. The van der Waals surface area contributed by atoms with Crippen LogP contribution in [0.4, 0.5) is 0 Å². The van der Waals surface area contributed by atoms with Crippen molar-refractivity contribution in [3.63, 3.8) is 0 Å². The molecule has 0 radical (unpaired) electrons. The van der Waals surface area contributed by atoms with E-state index in [4.69, 9.17) is 0 Å². The second-order valence-electron chi connectivity index (χ2n) is 9.84. The number of carbonyl (C=O) groups excluding carboxylic acids is 3. The fourth-order valence-electron chi connectivity index (χ4n) is 5.71. The van der Waals surface area contributed by atoms with Crippen molar-refractivity contribution in [1.29, 1.82) is 5.26 Å². The number of amides is 2. The van der Waals surface area contributed by atoms with Gasteiger partial charge in [-0.25, -0.2) is 0 Å². The lowest BCUT2D eigenvalue weighted by Gasteiger charge is -2.41. The van der Waals surface area contributed by atoms with Gasteiger partial charge in [-0.15, -0.1) is 0 Å². The van der Waals surface area contributed by atoms with Gasteiger partial charge in [0.1, 0.15) is 23.4 Å². The minimum atomic E-state index is -0.671. The third-order valence-corrected chi connectivity index (χ3v) is 7.85. The number of nitriles is 1. The zero-order valence-electron chi connectivity index (χ0n) is 18.1. The maximum atomic E-state index is 13.5. The predicted molar refractivity (Wildman–Crippen MR) is 111 cm³/mol. The first kappa shape index (κ1) is 21.3. The van der Waals surface area contributed by atoms with Gasteiger partial charge < -0.3 is 10.2 Å². The molecule has 4 aliphatic rings. The van der Waals surface area contributed by atoms with E-state index in [1.165, 1.54) is 0 Å². The summed E-state index contributed by atoms with van der Waals surface area (Å²) in [7, 11) is 2.03. The van der Waals surface area contributed by atoms with Gasteiger partial charge in [0, 0.05) is 18.9 Å². The number of piperidine rings is 1. The van der Waals surface area contributed by atoms with Crippen LogP contribution in [0, 0.1) is 23.2 Å². The molecule has 7 nitrogen and oxygen atoms in total. The lowest BCUT2D eigenvalue weighted by atomic mass is 9.85. The van der Waals surface area contributed by atoms with Gasteiger partial charge in [0.2, 0.25) is 11.8 Å². The van der Waals surface area contributed by atoms with E-state index in [0.29, 0.717) is 31.7 Å². The van der Waals surface area contributed by atoms with Crippen LogP contribution in [-0.4, -0.2) is 65.2 Å². The fraction of sp³-hybridized carbons (Fsp3) is 0.826. The molecule has 30 heavy (non-hydrogen) atoms. The highest BCUT2D eigenvalue weighted by atomic mass is 16.2. The molecule has 2 saturated carbocycles. The topological polar surface area (TPSA) is 93.5 Å². The zero-order valence-corrected chi connectivity index (χ0v) is 18.1. The van der Waals surface area contributed by atoms with Gasteiger partial charge in [-0.05, 0) is 70.9 Å². The van der Waals surface area contributed by atoms with Gasteiger partial charge in [-0.1, -0.05) is 12.8 Å². The Balaban J connectivity index is 1.45. The van der Waals surface area contributed by atoms with E-state index in [9.17, 15) is 19.6 Å². The highest BCUT2D eigenvalue weighted by molar-refractivity contribution is 5.94. The minimum Gasteiger partial charge on any atom is -0.339 e. The average molecular weight is 415 g/mol. The van der Waals surface area contributed by atoms with Crippen molar-refractivity contribution in [3.8, 4) is 6.07 Å². The van der Waals surface area contributed by atoms with Gasteiger partial charge in [0.25, 0.3) is 0 Å². The van der Waals surface area contributed by atoms with E-state index in [1.807, 2.05) is 7.05 Å². The van der Waals surface area contributed by atoms with Crippen LogP contribution in [0.5, 0.6) is 0 Å². The summed E-state index contributed by atoms with van der Waals surface area (Å²) in [6.45, 7) is 1.53. The molecule has 2 saturated heterocycles. The monoisotopic (exact) mass is 414 g/mol. The van der Waals surface area contributed by atoms with Gasteiger partial charge >= 0.3 is 0 Å². The quantitative estimate of drug-likeness (QED) is 0.688. The molecular weight excluding hydrogens is 380 g/mol. The summed E-state index contributed by atoms with van der Waals surface area (Å²) in [5.41, 5.74) is -0.453. The van der Waals surface area contributed by atoms with E-state index in [-0.39, 0.29) is 23.5 Å². The normalized spacial score (nSPS) is 31.7. The highest BCUT2D eigenvalue weighted by Gasteiger charge is 2.53. The molecule has 2 aliphatic heterocycles. The summed E-state index contributed by atoms with van der Waals surface area (Å²) < 4.78 is 0. The predicted octanol–water partition coefficient (Wildman–Crippen LogP) is 2.01. The third kappa shape index (κ3) is 4.12. The zero-order chi connectivity index (χ0) is 21.3. The number of carbonyl (C=O) groups is 3. The van der Waals surface area contributed by atoms with Crippen LogP contribution in [0.3, 0.4) is 0 Å². The lowest BCUT2D eigenvalue weighted by Crippen LogP contribution is -2.58. The molecule has 4 unspecified atom stereocenters. The smallest absolute Gasteiger partial charge is 0.243 e. The van der Waals surface area contributed by atoms with E-state index < -0.39 is 17.6 Å². The molecule has 2 heterocycles. The lowest BCUT2D eigenvalue weighted by molar-refractivity contribution is -0.145. The first-order valence-electron chi connectivity index (χ1n) is 11.7. The first-order chi connectivity index (χ1) is 14.4. The molecule has 4 fully saturated rings.